The summed E-state index contributed by atoms with van der Waals surface area (Å²) in [6.07, 6.45) is 5.85. The number of rotatable bonds is 9. The van der Waals surface area contributed by atoms with E-state index in [1.807, 2.05) is 0 Å². The molecule has 0 unspecified atom stereocenters. The molecule has 0 radical (unpaired) electrons. The van der Waals surface area contributed by atoms with Crippen molar-refractivity contribution in [3.8, 4) is 11.5 Å². The van der Waals surface area contributed by atoms with E-state index in [-0.39, 0.29) is 16.7 Å². The number of carbonyl (C=O) groups is 1. The van der Waals surface area contributed by atoms with Crippen molar-refractivity contribution in [2.24, 2.45) is 5.10 Å². The summed E-state index contributed by atoms with van der Waals surface area (Å²) < 4.78 is 5.65. The first-order valence-electron chi connectivity index (χ1n) is 8.75. The lowest BCUT2D eigenvalue weighted by atomic mass is 10.2. The molecule has 0 saturated carbocycles. The van der Waals surface area contributed by atoms with Crippen molar-refractivity contribution in [1.82, 2.24) is 5.43 Å². The Morgan fingerprint density at radius 2 is 1.93 bits per heavy atom. The summed E-state index contributed by atoms with van der Waals surface area (Å²) >= 11 is 11.7. The molecule has 2 aromatic carbocycles. The van der Waals surface area contributed by atoms with E-state index in [1.165, 1.54) is 31.2 Å². The highest BCUT2D eigenvalue weighted by molar-refractivity contribution is 6.36. The molecule has 0 bridgehead atoms. The Hall–Kier alpha value is -2.24. The summed E-state index contributed by atoms with van der Waals surface area (Å²) in [5.74, 6) is 0.193. The number of hydrogen-bond acceptors (Lipinski definition) is 4. The topological polar surface area (TPSA) is 70.9 Å². The second-order valence-electron chi connectivity index (χ2n) is 5.96. The van der Waals surface area contributed by atoms with Crippen LogP contribution < -0.4 is 10.2 Å². The molecule has 2 rings (SSSR count). The van der Waals surface area contributed by atoms with Crippen molar-refractivity contribution < 1.29 is 14.6 Å². The number of halogens is 2. The van der Waals surface area contributed by atoms with Gasteiger partial charge in [0.05, 0.1) is 17.8 Å². The van der Waals surface area contributed by atoms with Crippen molar-refractivity contribution in [3.63, 3.8) is 0 Å². The van der Waals surface area contributed by atoms with Gasteiger partial charge in [-0.2, -0.15) is 5.10 Å². The number of hydrazone groups is 1. The fourth-order valence-electron chi connectivity index (χ4n) is 2.33. The molecule has 0 saturated heterocycles. The van der Waals surface area contributed by atoms with Crippen LogP contribution in [0.25, 0.3) is 0 Å². The number of unbranched alkanes of at least 4 members (excludes halogenated alkanes) is 3. The molecule has 144 valence electrons. The number of amides is 1. The Kier molecular flexibility index (Phi) is 8.43. The Morgan fingerprint density at radius 3 is 2.63 bits per heavy atom. The van der Waals surface area contributed by atoms with E-state index < -0.39 is 0 Å². The smallest absolute Gasteiger partial charge is 0.271 e. The molecule has 2 N–H and O–H groups in total. The molecule has 7 heteroatoms. The Labute approximate surface area is 168 Å². The molecule has 1 amide bonds. The van der Waals surface area contributed by atoms with Crippen molar-refractivity contribution in [1.29, 1.82) is 0 Å². The van der Waals surface area contributed by atoms with Crippen LogP contribution in [0.15, 0.2) is 41.5 Å². The van der Waals surface area contributed by atoms with Crippen LogP contribution in [0.5, 0.6) is 11.5 Å². The van der Waals surface area contributed by atoms with Gasteiger partial charge in [0.1, 0.15) is 11.5 Å². The largest absolute Gasteiger partial charge is 0.506 e. The third-order valence-corrected chi connectivity index (χ3v) is 4.32. The van der Waals surface area contributed by atoms with Crippen LogP contribution >= 0.6 is 23.2 Å². The van der Waals surface area contributed by atoms with Gasteiger partial charge in [0, 0.05) is 16.1 Å². The number of phenols is 1. The van der Waals surface area contributed by atoms with Crippen LogP contribution in [0.2, 0.25) is 10.0 Å². The summed E-state index contributed by atoms with van der Waals surface area (Å²) in [6, 6.07) is 9.74. The lowest BCUT2D eigenvalue weighted by Crippen LogP contribution is -2.17. The van der Waals surface area contributed by atoms with E-state index in [2.05, 4.69) is 17.5 Å². The zero-order valence-corrected chi connectivity index (χ0v) is 16.6. The monoisotopic (exact) mass is 408 g/mol. The Morgan fingerprint density at radius 1 is 1.19 bits per heavy atom. The van der Waals surface area contributed by atoms with E-state index in [9.17, 15) is 9.90 Å². The summed E-state index contributed by atoms with van der Waals surface area (Å²) in [6.45, 7) is 2.84. The van der Waals surface area contributed by atoms with Crippen molar-refractivity contribution in [2.75, 3.05) is 6.61 Å². The van der Waals surface area contributed by atoms with Gasteiger partial charge in [-0.3, -0.25) is 4.79 Å². The maximum atomic E-state index is 12.1. The van der Waals surface area contributed by atoms with Crippen LogP contribution in [-0.4, -0.2) is 23.8 Å². The van der Waals surface area contributed by atoms with E-state index in [4.69, 9.17) is 27.9 Å². The molecule has 0 aromatic heterocycles. The normalized spacial score (nSPS) is 10.9. The first-order valence-corrected chi connectivity index (χ1v) is 9.51. The molecule has 0 aliphatic heterocycles. The van der Waals surface area contributed by atoms with Gasteiger partial charge in [-0.25, -0.2) is 5.43 Å². The van der Waals surface area contributed by atoms with Gasteiger partial charge in [-0.05, 0) is 42.8 Å². The van der Waals surface area contributed by atoms with Gasteiger partial charge >= 0.3 is 0 Å². The van der Waals surface area contributed by atoms with E-state index in [1.54, 1.807) is 24.3 Å². The predicted octanol–water partition coefficient (Wildman–Crippen LogP) is 5.42. The maximum absolute atomic E-state index is 12.1. The highest BCUT2D eigenvalue weighted by Crippen LogP contribution is 2.29. The highest BCUT2D eigenvalue weighted by Gasteiger charge is 2.07. The lowest BCUT2D eigenvalue weighted by molar-refractivity contribution is 0.0955. The fraction of sp³-hybridized carbons (Fsp3) is 0.300. The summed E-state index contributed by atoms with van der Waals surface area (Å²) in [7, 11) is 0. The van der Waals surface area contributed by atoms with Gasteiger partial charge in [0.15, 0.2) is 0 Å². The standard InChI is InChI=1S/C20H22Cl2N2O3/c1-2-3-4-5-10-27-17-8-6-14(7-9-17)20(26)24-23-13-15-11-16(21)12-18(22)19(15)25/h6-9,11-13,25H,2-5,10H2,1H3,(H,24,26)/b23-13+. The SMILES string of the molecule is CCCCCCOc1ccc(C(=O)N/N=C/c2cc(Cl)cc(Cl)c2O)cc1. The third-order valence-electron chi connectivity index (χ3n) is 3.81. The fourth-order valence-corrected chi connectivity index (χ4v) is 2.84. The number of ether oxygens (including phenoxy) is 1. The van der Waals surface area contributed by atoms with E-state index in [0.717, 1.165) is 18.6 Å². The maximum Gasteiger partial charge on any atom is 0.271 e. The molecule has 0 heterocycles. The van der Waals surface area contributed by atoms with E-state index in [0.29, 0.717) is 22.8 Å². The van der Waals surface area contributed by atoms with Gasteiger partial charge in [0.2, 0.25) is 0 Å². The third kappa shape index (κ3) is 6.77. The minimum absolute atomic E-state index is 0.112. The van der Waals surface area contributed by atoms with Crippen LogP contribution in [-0.2, 0) is 0 Å². The van der Waals surface area contributed by atoms with Gasteiger partial charge < -0.3 is 9.84 Å². The summed E-state index contributed by atoms with van der Waals surface area (Å²) in [5.41, 5.74) is 3.14. The molecular formula is C20H22Cl2N2O3. The summed E-state index contributed by atoms with van der Waals surface area (Å²) in [5, 5.41) is 14.1. The Bertz CT molecular complexity index is 793. The van der Waals surface area contributed by atoms with Crippen molar-refractivity contribution in [3.05, 3.63) is 57.6 Å². The van der Waals surface area contributed by atoms with E-state index >= 15 is 0 Å². The Balaban J connectivity index is 1.87. The number of nitrogens with zero attached hydrogens (tertiary/aromatic N) is 1. The van der Waals surface area contributed by atoms with Gasteiger partial charge in [-0.1, -0.05) is 49.4 Å². The van der Waals surface area contributed by atoms with Crippen LogP contribution in [0.3, 0.4) is 0 Å². The molecule has 27 heavy (non-hydrogen) atoms. The molecule has 0 fully saturated rings. The molecule has 0 aliphatic carbocycles. The number of benzene rings is 2. The molecule has 0 atom stereocenters. The van der Waals surface area contributed by atoms with Gasteiger partial charge in [0.25, 0.3) is 5.91 Å². The zero-order chi connectivity index (χ0) is 19.6. The predicted molar refractivity (Wildman–Crippen MR) is 109 cm³/mol. The molecule has 5 nitrogen and oxygen atoms in total. The average molecular weight is 409 g/mol. The number of hydrogen-bond donors (Lipinski definition) is 2. The first-order chi connectivity index (χ1) is 13.0. The number of nitrogens with one attached hydrogen (secondary N) is 1. The number of phenolic OH excluding ortho intramolecular Hbond substituents is 1. The van der Waals surface area contributed by atoms with Crippen molar-refractivity contribution in [2.45, 2.75) is 32.6 Å². The second-order valence-corrected chi connectivity index (χ2v) is 6.80. The number of carbonyl (C=O) groups excluding carboxylic acids is 1. The lowest BCUT2D eigenvalue weighted by Gasteiger charge is -2.07. The minimum Gasteiger partial charge on any atom is -0.506 e. The zero-order valence-electron chi connectivity index (χ0n) is 15.0. The van der Waals surface area contributed by atoms with Crippen LogP contribution in [0, 0.1) is 0 Å². The van der Waals surface area contributed by atoms with Crippen LogP contribution in [0.1, 0.15) is 48.5 Å². The summed E-state index contributed by atoms with van der Waals surface area (Å²) in [4.78, 5) is 12.1. The first kappa shape index (κ1) is 21.1. The highest BCUT2D eigenvalue weighted by atomic mass is 35.5. The molecule has 2 aromatic rings. The molecule has 0 aliphatic rings. The molecule has 0 spiro atoms. The van der Waals surface area contributed by atoms with Crippen LogP contribution in [0.4, 0.5) is 0 Å². The minimum atomic E-state index is -0.381. The number of aromatic hydroxyl groups is 1. The van der Waals surface area contributed by atoms with Gasteiger partial charge in [-0.15, -0.1) is 0 Å². The second kappa shape index (κ2) is 10.8. The average Bonchev–Trinajstić information content (AvgIpc) is 2.65. The quantitative estimate of drug-likeness (QED) is 0.330. The van der Waals surface area contributed by atoms with Crippen molar-refractivity contribution >= 4 is 35.3 Å². The molecular weight excluding hydrogens is 387 g/mol.